The monoisotopic (exact) mass is 495 g/mol. The highest BCUT2D eigenvalue weighted by molar-refractivity contribution is 5.97. The van der Waals surface area contributed by atoms with Crippen molar-refractivity contribution in [1.29, 1.82) is 5.26 Å². The molecule has 0 atom stereocenters. The molecule has 1 aliphatic rings. The molecule has 2 aromatic heterocycles. The summed E-state index contributed by atoms with van der Waals surface area (Å²) in [6.07, 6.45) is 7.21. The van der Waals surface area contributed by atoms with Gasteiger partial charge in [0.25, 0.3) is 0 Å². The van der Waals surface area contributed by atoms with Gasteiger partial charge in [0.2, 0.25) is 5.91 Å². The van der Waals surface area contributed by atoms with Crippen LogP contribution in [0.5, 0.6) is 11.5 Å². The summed E-state index contributed by atoms with van der Waals surface area (Å²) in [4.78, 5) is 22.1. The van der Waals surface area contributed by atoms with Crippen LogP contribution in [-0.4, -0.2) is 47.1 Å². The quantitative estimate of drug-likeness (QED) is 0.354. The van der Waals surface area contributed by atoms with E-state index in [0.29, 0.717) is 60.0 Å². The number of aromatic nitrogens is 2. The molecule has 37 heavy (non-hydrogen) atoms. The normalized spacial score (nSPS) is 13.7. The zero-order valence-corrected chi connectivity index (χ0v) is 20.3. The van der Waals surface area contributed by atoms with Crippen LogP contribution in [0.25, 0.3) is 22.2 Å². The van der Waals surface area contributed by atoms with Crippen LogP contribution in [-0.2, 0) is 4.79 Å². The molecule has 4 aromatic rings. The second kappa shape index (κ2) is 10.4. The number of benzene rings is 2. The van der Waals surface area contributed by atoms with Gasteiger partial charge >= 0.3 is 0 Å². The number of amides is 1. The summed E-state index contributed by atoms with van der Waals surface area (Å²) < 4.78 is 17.4. The molecule has 5 rings (SSSR count). The van der Waals surface area contributed by atoms with Gasteiger partial charge in [-0.1, -0.05) is 18.7 Å². The maximum atomic E-state index is 11.9. The molecule has 3 heterocycles. The van der Waals surface area contributed by atoms with Crippen LogP contribution in [0.1, 0.15) is 18.4 Å². The second-order valence-corrected chi connectivity index (χ2v) is 8.60. The van der Waals surface area contributed by atoms with Crippen molar-refractivity contribution in [2.75, 3.05) is 25.5 Å². The minimum Gasteiger partial charge on any atom is -0.493 e. The van der Waals surface area contributed by atoms with Crippen molar-refractivity contribution in [1.82, 2.24) is 14.9 Å². The molecule has 0 radical (unpaired) electrons. The Kier molecular flexibility index (Phi) is 6.72. The van der Waals surface area contributed by atoms with E-state index in [0.717, 1.165) is 16.6 Å². The number of fused-ring (bicyclic) bond motifs is 1. The lowest BCUT2D eigenvalue weighted by molar-refractivity contribution is -0.127. The van der Waals surface area contributed by atoms with Crippen LogP contribution in [0.15, 0.2) is 72.3 Å². The number of piperidine rings is 1. The lowest BCUT2D eigenvalue weighted by Gasteiger charge is -2.31. The number of nitrogens with one attached hydrogen (secondary N) is 1. The molecule has 2 aromatic carbocycles. The van der Waals surface area contributed by atoms with Crippen LogP contribution in [0.3, 0.4) is 0 Å². The minimum atomic E-state index is -0.0812. The number of nitrogens with zero attached hydrogens (tertiary/aromatic N) is 4. The van der Waals surface area contributed by atoms with E-state index in [9.17, 15) is 10.1 Å². The molecule has 0 unspecified atom stereocenters. The van der Waals surface area contributed by atoms with Gasteiger partial charge in [-0.2, -0.15) is 5.26 Å². The van der Waals surface area contributed by atoms with E-state index in [-0.39, 0.29) is 12.0 Å². The predicted octanol–water partition coefficient (Wildman–Crippen LogP) is 5.07. The molecule has 9 heteroatoms. The van der Waals surface area contributed by atoms with Gasteiger partial charge in [0.05, 0.1) is 30.1 Å². The molecule has 1 aliphatic heterocycles. The zero-order chi connectivity index (χ0) is 25.8. The molecule has 1 amide bonds. The topological polar surface area (TPSA) is 114 Å². The largest absolute Gasteiger partial charge is 0.493 e. The van der Waals surface area contributed by atoms with Crippen molar-refractivity contribution in [3.05, 3.63) is 73.4 Å². The predicted molar refractivity (Wildman–Crippen MR) is 139 cm³/mol. The highest BCUT2D eigenvalue weighted by atomic mass is 16.5. The van der Waals surface area contributed by atoms with Crippen LogP contribution in [0.4, 0.5) is 11.4 Å². The number of hydrogen-bond donors (Lipinski definition) is 1. The lowest BCUT2D eigenvalue weighted by Crippen LogP contribution is -2.41. The lowest BCUT2D eigenvalue weighted by atomic mass is 10.1. The van der Waals surface area contributed by atoms with E-state index in [1.807, 2.05) is 30.3 Å². The fourth-order valence-corrected chi connectivity index (χ4v) is 4.43. The molecular weight excluding hydrogens is 470 g/mol. The molecule has 186 valence electrons. The Morgan fingerprint density at radius 3 is 2.78 bits per heavy atom. The summed E-state index contributed by atoms with van der Waals surface area (Å²) in [5.74, 6) is 1.68. The van der Waals surface area contributed by atoms with Gasteiger partial charge in [-0.3, -0.25) is 9.78 Å². The zero-order valence-electron chi connectivity index (χ0n) is 20.3. The van der Waals surface area contributed by atoms with E-state index < -0.39 is 0 Å². The van der Waals surface area contributed by atoms with Gasteiger partial charge in [-0.25, -0.2) is 4.98 Å². The van der Waals surface area contributed by atoms with E-state index >= 15 is 0 Å². The molecule has 0 bridgehead atoms. The van der Waals surface area contributed by atoms with E-state index in [1.165, 1.54) is 18.7 Å². The van der Waals surface area contributed by atoms with Gasteiger partial charge in [-0.15, -0.1) is 0 Å². The minimum absolute atomic E-state index is 0.0695. The number of pyridine rings is 1. The molecule has 0 spiro atoms. The SMILES string of the molecule is C=CC(=O)N1CCC(Oc2cc3c(Nc4cccc(-c5cnco5)c4)c(C#N)cnc3cc2OC)CC1. The third kappa shape index (κ3) is 4.95. The Morgan fingerprint density at radius 1 is 1.24 bits per heavy atom. The number of anilines is 2. The van der Waals surface area contributed by atoms with E-state index in [2.05, 4.69) is 27.9 Å². The number of carbonyl (C=O) groups excluding carboxylic acids is 1. The number of ether oxygens (including phenoxy) is 2. The van der Waals surface area contributed by atoms with Crippen LogP contribution in [0.2, 0.25) is 0 Å². The average molecular weight is 496 g/mol. The molecular formula is C28H25N5O4. The number of hydrogen-bond acceptors (Lipinski definition) is 8. The van der Waals surface area contributed by atoms with Crippen molar-refractivity contribution in [2.24, 2.45) is 0 Å². The third-order valence-corrected chi connectivity index (χ3v) is 6.34. The van der Waals surface area contributed by atoms with Crippen molar-refractivity contribution < 1.29 is 18.7 Å². The average Bonchev–Trinajstić information content (AvgIpc) is 3.48. The summed E-state index contributed by atoms with van der Waals surface area (Å²) in [6.45, 7) is 4.76. The summed E-state index contributed by atoms with van der Waals surface area (Å²) in [5, 5.41) is 13.9. The number of rotatable bonds is 7. The summed E-state index contributed by atoms with van der Waals surface area (Å²) in [6, 6.07) is 13.5. The van der Waals surface area contributed by atoms with E-state index in [1.54, 1.807) is 24.3 Å². The summed E-state index contributed by atoms with van der Waals surface area (Å²) in [5.41, 5.74) is 3.29. The Balaban J connectivity index is 1.48. The van der Waals surface area contributed by atoms with Gasteiger partial charge in [0, 0.05) is 54.8 Å². The number of oxazole rings is 1. The first kappa shape index (κ1) is 23.9. The van der Waals surface area contributed by atoms with Crippen LogP contribution < -0.4 is 14.8 Å². The Labute approximate surface area is 214 Å². The van der Waals surface area contributed by atoms with Gasteiger partial charge < -0.3 is 24.1 Å². The second-order valence-electron chi connectivity index (χ2n) is 8.60. The summed E-state index contributed by atoms with van der Waals surface area (Å²) >= 11 is 0. The molecule has 1 saturated heterocycles. The van der Waals surface area contributed by atoms with Crippen LogP contribution in [0, 0.1) is 11.3 Å². The molecule has 1 fully saturated rings. The molecule has 0 aliphatic carbocycles. The maximum absolute atomic E-state index is 11.9. The first-order valence-corrected chi connectivity index (χ1v) is 11.8. The molecule has 1 N–H and O–H groups in total. The maximum Gasteiger partial charge on any atom is 0.245 e. The first-order chi connectivity index (χ1) is 18.1. The molecule has 9 nitrogen and oxygen atoms in total. The smallest absolute Gasteiger partial charge is 0.245 e. The van der Waals surface area contributed by atoms with Crippen molar-refractivity contribution in [2.45, 2.75) is 18.9 Å². The van der Waals surface area contributed by atoms with Crippen molar-refractivity contribution in [3.8, 4) is 28.9 Å². The molecule has 0 saturated carbocycles. The number of methoxy groups -OCH3 is 1. The fraction of sp³-hybridized carbons (Fsp3) is 0.214. The van der Waals surface area contributed by atoms with Crippen molar-refractivity contribution >= 4 is 28.2 Å². The standard InChI is InChI=1S/C28H25N5O4/c1-3-27(34)33-9-7-21(8-10-33)37-25-12-22-23(13-24(25)35-2)31-15-19(14-29)28(22)32-20-6-4-5-18(11-20)26-16-30-17-36-26/h3-6,11-13,15-17,21H,1,7-10H2,2H3,(H,31,32). The van der Waals surface area contributed by atoms with Crippen LogP contribution >= 0.6 is 0 Å². The van der Waals surface area contributed by atoms with E-state index in [4.69, 9.17) is 13.9 Å². The Morgan fingerprint density at radius 2 is 2.08 bits per heavy atom. The summed E-state index contributed by atoms with van der Waals surface area (Å²) in [7, 11) is 1.58. The number of nitriles is 1. The van der Waals surface area contributed by atoms with Gasteiger partial charge in [0.15, 0.2) is 23.7 Å². The fourth-order valence-electron chi connectivity index (χ4n) is 4.43. The van der Waals surface area contributed by atoms with Gasteiger partial charge in [-0.05, 0) is 24.3 Å². The van der Waals surface area contributed by atoms with Crippen molar-refractivity contribution in [3.63, 3.8) is 0 Å². The highest BCUT2D eigenvalue weighted by Gasteiger charge is 2.24. The first-order valence-electron chi connectivity index (χ1n) is 11.8. The number of carbonyl (C=O) groups is 1. The Hall–Kier alpha value is -4.84. The third-order valence-electron chi connectivity index (χ3n) is 6.34. The Bertz CT molecular complexity index is 1480. The van der Waals surface area contributed by atoms with Gasteiger partial charge in [0.1, 0.15) is 12.2 Å². The highest BCUT2D eigenvalue weighted by Crippen LogP contribution is 2.38. The number of likely N-dealkylation sites (tertiary alicyclic amines) is 1.